The van der Waals surface area contributed by atoms with E-state index >= 15 is 0 Å². The number of hydrogen-bond acceptors (Lipinski definition) is 4. The fourth-order valence-corrected chi connectivity index (χ4v) is 4.70. The van der Waals surface area contributed by atoms with Crippen LogP contribution in [0.2, 0.25) is 0 Å². The molecule has 2 saturated heterocycles. The normalized spacial score (nSPS) is 26.2. The van der Waals surface area contributed by atoms with Gasteiger partial charge in [-0.3, -0.25) is 9.58 Å². The second-order valence-electron chi connectivity index (χ2n) is 8.18. The van der Waals surface area contributed by atoms with Crippen molar-refractivity contribution in [3.63, 3.8) is 0 Å². The van der Waals surface area contributed by atoms with E-state index < -0.39 is 0 Å². The van der Waals surface area contributed by atoms with Gasteiger partial charge in [0.2, 0.25) is 0 Å². The van der Waals surface area contributed by atoms with Crippen molar-refractivity contribution in [2.45, 2.75) is 72.0 Å². The maximum Gasteiger partial charge on any atom is 0.0644 e. The molecule has 25 heavy (non-hydrogen) atoms. The van der Waals surface area contributed by atoms with Crippen LogP contribution in [0.4, 0.5) is 0 Å². The maximum absolute atomic E-state index is 9.20. The molecule has 2 fully saturated rings. The first-order valence-electron chi connectivity index (χ1n) is 10.2. The number of rotatable bonds is 6. The van der Waals surface area contributed by atoms with Crippen LogP contribution in [0.15, 0.2) is 0 Å². The predicted molar refractivity (Wildman–Crippen MR) is 102 cm³/mol. The molecule has 3 heterocycles. The van der Waals surface area contributed by atoms with Crippen LogP contribution >= 0.6 is 0 Å². The van der Waals surface area contributed by atoms with Crippen molar-refractivity contribution in [1.29, 1.82) is 0 Å². The Kier molecular flexibility index (Phi) is 6.53. The van der Waals surface area contributed by atoms with E-state index in [-0.39, 0.29) is 6.61 Å². The Morgan fingerprint density at radius 2 is 1.96 bits per heavy atom. The average Bonchev–Trinajstić information content (AvgIpc) is 2.85. The largest absolute Gasteiger partial charge is 0.394 e. The molecule has 0 spiro atoms. The molecule has 5 nitrogen and oxygen atoms in total. The smallest absolute Gasteiger partial charge is 0.0644 e. The number of aryl methyl sites for hydroxylation is 1. The molecule has 0 saturated carbocycles. The van der Waals surface area contributed by atoms with E-state index in [1.165, 1.54) is 69.5 Å². The lowest BCUT2D eigenvalue weighted by molar-refractivity contribution is 0.0911. The summed E-state index contributed by atoms with van der Waals surface area (Å²) in [4.78, 5) is 5.36. The van der Waals surface area contributed by atoms with Crippen molar-refractivity contribution in [2.75, 3.05) is 32.8 Å². The third-order valence-corrected chi connectivity index (χ3v) is 6.26. The molecular weight excluding hydrogens is 312 g/mol. The topological polar surface area (TPSA) is 44.5 Å². The van der Waals surface area contributed by atoms with Crippen molar-refractivity contribution >= 4 is 0 Å². The quantitative estimate of drug-likeness (QED) is 0.858. The Bertz CT molecular complexity index is 556. The van der Waals surface area contributed by atoms with Gasteiger partial charge in [0.05, 0.1) is 18.8 Å². The van der Waals surface area contributed by atoms with Gasteiger partial charge < -0.3 is 10.0 Å². The van der Waals surface area contributed by atoms with E-state index in [4.69, 9.17) is 0 Å². The lowest BCUT2D eigenvalue weighted by Gasteiger charge is -2.39. The first kappa shape index (κ1) is 18.9. The fourth-order valence-electron chi connectivity index (χ4n) is 4.70. The molecule has 0 bridgehead atoms. The van der Waals surface area contributed by atoms with Crippen molar-refractivity contribution in [1.82, 2.24) is 19.6 Å². The highest BCUT2D eigenvalue weighted by molar-refractivity contribution is 5.24. The first-order chi connectivity index (χ1) is 12.1. The highest BCUT2D eigenvalue weighted by Gasteiger charge is 2.26. The van der Waals surface area contributed by atoms with Gasteiger partial charge in [0.15, 0.2) is 0 Å². The molecule has 0 aromatic carbocycles. The van der Waals surface area contributed by atoms with Crippen molar-refractivity contribution < 1.29 is 5.11 Å². The summed E-state index contributed by atoms with van der Waals surface area (Å²) in [5.41, 5.74) is 3.71. The zero-order valence-electron chi connectivity index (χ0n) is 16.4. The van der Waals surface area contributed by atoms with Gasteiger partial charge in [-0.1, -0.05) is 6.42 Å². The van der Waals surface area contributed by atoms with Crippen molar-refractivity contribution in [2.24, 2.45) is 5.92 Å². The molecule has 1 aromatic rings. The number of nitrogens with zero attached hydrogens (tertiary/aromatic N) is 4. The Hall–Kier alpha value is -0.910. The summed E-state index contributed by atoms with van der Waals surface area (Å²) >= 11 is 0. The third-order valence-electron chi connectivity index (χ3n) is 6.26. The van der Waals surface area contributed by atoms with Crippen LogP contribution < -0.4 is 0 Å². The van der Waals surface area contributed by atoms with Gasteiger partial charge >= 0.3 is 0 Å². The van der Waals surface area contributed by atoms with Gasteiger partial charge in [-0.2, -0.15) is 5.10 Å². The molecule has 2 atom stereocenters. The second kappa shape index (κ2) is 8.65. The summed E-state index contributed by atoms with van der Waals surface area (Å²) < 4.78 is 1.96. The Morgan fingerprint density at radius 1 is 1.12 bits per heavy atom. The van der Waals surface area contributed by atoms with Crippen LogP contribution in [0.25, 0.3) is 0 Å². The van der Waals surface area contributed by atoms with E-state index in [9.17, 15) is 5.11 Å². The zero-order chi connectivity index (χ0) is 17.8. The summed E-state index contributed by atoms with van der Waals surface area (Å²) in [5.74, 6) is 0.808. The van der Waals surface area contributed by atoms with Crippen LogP contribution in [0.3, 0.4) is 0 Å². The lowest BCUT2D eigenvalue weighted by Crippen LogP contribution is -2.45. The minimum absolute atomic E-state index is 0.154. The van der Waals surface area contributed by atoms with Crippen LogP contribution in [-0.2, 0) is 13.1 Å². The summed E-state index contributed by atoms with van der Waals surface area (Å²) in [6.07, 6.45) is 6.85. The molecule has 0 aliphatic carbocycles. The van der Waals surface area contributed by atoms with Crippen LogP contribution in [0.5, 0.6) is 0 Å². The standard InChI is InChI=1S/C20H36N4O/c1-16-7-4-5-10-23(16)14-19-8-6-9-22(13-19)15-20-17(2)21-24(11-12-25)18(20)3/h16,19,25H,4-15H2,1-3H3. The van der Waals surface area contributed by atoms with Crippen LogP contribution in [-0.4, -0.2) is 63.5 Å². The van der Waals surface area contributed by atoms with Crippen LogP contribution in [0, 0.1) is 19.8 Å². The summed E-state index contributed by atoms with van der Waals surface area (Å²) in [6.45, 7) is 13.4. The number of likely N-dealkylation sites (tertiary alicyclic amines) is 2. The van der Waals surface area contributed by atoms with E-state index in [0.717, 1.165) is 24.2 Å². The van der Waals surface area contributed by atoms with Gasteiger partial charge in [0.25, 0.3) is 0 Å². The molecule has 2 aliphatic rings. The third kappa shape index (κ3) is 4.63. The number of aliphatic hydroxyl groups excluding tert-OH is 1. The summed E-state index contributed by atoms with van der Waals surface area (Å²) in [5, 5.41) is 13.8. The molecule has 0 amide bonds. The molecule has 3 rings (SSSR count). The van der Waals surface area contributed by atoms with Crippen molar-refractivity contribution in [3.8, 4) is 0 Å². The number of hydrogen-bond donors (Lipinski definition) is 1. The minimum atomic E-state index is 0.154. The van der Waals surface area contributed by atoms with E-state index in [0.29, 0.717) is 6.54 Å². The van der Waals surface area contributed by atoms with E-state index in [1.807, 2.05) is 4.68 Å². The zero-order valence-corrected chi connectivity index (χ0v) is 16.4. The molecule has 2 aliphatic heterocycles. The second-order valence-corrected chi connectivity index (χ2v) is 8.18. The van der Waals surface area contributed by atoms with E-state index in [1.54, 1.807) is 0 Å². The molecule has 2 unspecified atom stereocenters. The molecule has 142 valence electrons. The molecule has 1 aromatic heterocycles. The Balaban J connectivity index is 1.58. The molecule has 1 N–H and O–H groups in total. The van der Waals surface area contributed by atoms with Gasteiger partial charge in [0, 0.05) is 36.9 Å². The van der Waals surface area contributed by atoms with Gasteiger partial charge in [0.1, 0.15) is 0 Å². The van der Waals surface area contributed by atoms with Gasteiger partial charge in [-0.05, 0) is 65.5 Å². The number of piperidine rings is 2. The fraction of sp³-hybridized carbons (Fsp3) is 0.850. The van der Waals surface area contributed by atoms with Gasteiger partial charge in [-0.25, -0.2) is 0 Å². The minimum Gasteiger partial charge on any atom is -0.394 e. The molecule has 5 heteroatoms. The number of aliphatic hydroxyl groups is 1. The first-order valence-corrected chi connectivity index (χ1v) is 10.2. The Morgan fingerprint density at radius 3 is 2.72 bits per heavy atom. The lowest BCUT2D eigenvalue weighted by atomic mass is 9.94. The average molecular weight is 349 g/mol. The van der Waals surface area contributed by atoms with E-state index in [2.05, 4.69) is 35.7 Å². The highest BCUT2D eigenvalue weighted by atomic mass is 16.3. The van der Waals surface area contributed by atoms with Crippen molar-refractivity contribution in [3.05, 3.63) is 17.0 Å². The summed E-state index contributed by atoms with van der Waals surface area (Å²) in [6, 6.07) is 0.769. The molecular formula is C20H36N4O. The summed E-state index contributed by atoms with van der Waals surface area (Å²) in [7, 11) is 0. The Labute approximate surface area is 153 Å². The molecule has 0 radical (unpaired) electrons. The highest BCUT2D eigenvalue weighted by Crippen LogP contribution is 2.25. The number of aromatic nitrogens is 2. The predicted octanol–water partition coefficient (Wildman–Crippen LogP) is 2.58. The van der Waals surface area contributed by atoms with Crippen LogP contribution in [0.1, 0.15) is 56.0 Å². The SMILES string of the molecule is Cc1nn(CCO)c(C)c1CN1CCCC(CN2CCCCC2C)C1. The van der Waals surface area contributed by atoms with Gasteiger partial charge in [-0.15, -0.1) is 0 Å². The monoisotopic (exact) mass is 348 g/mol. The maximum atomic E-state index is 9.20.